The maximum absolute atomic E-state index is 10.8. The molecule has 17 heavy (non-hydrogen) atoms. The van der Waals surface area contributed by atoms with Gasteiger partial charge in [0.2, 0.25) is 5.79 Å². The smallest absolute Gasteiger partial charge is 0.320 e. The van der Waals surface area contributed by atoms with E-state index in [1.54, 1.807) is 0 Å². The summed E-state index contributed by atoms with van der Waals surface area (Å²) >= 11 is 0. The fraction of sp³-hybridized carbons (Fsp3) is 0.900. The first-order valence-corrected chi connectivity index (χ1v) is 5.59. The molecule has 1 aliphatic heterocycles. The molecule has 0 saturated carbocycles. The van der Waals surface area contributed by atoms with E-state index in [9.17, 15) is 20.1 Å². The van der Waals surface area contributed by atoms with E-state index in [1.807, 2.05) is 6.92 Å². The summed E-state index contributed by atoms with van der Waals surface area (Å²) in [5.74, 6) is -2.95. The van der Waals surface area contributed by atoms with Gasteiger partial charge in [-0.05, 0) is 6.42 Å². The second kappa shape index (κ2) is 5.74. The first-order chi connectivity index (χ1) is 7.90. The molecule has 0 radical (unpaired) electrons. The van der Waals surface area contributed by atoms with Gasteiger partial charge in [-0.2, -0.15) is 0 Å². The molecule has 1 rings (SSSR count). The highest BCUT2D eigenvalue weighted by atomic mass is 16.7. The number of carboxylic acids is 1. The van der Waals surface area contributed by atoms with Gasteiger partial charge in [0.05, 0.1) is 13.2 Å². The third kappa shape index (κ3) is 3.36. The van der Waals surface area contributed by atoms with E-state index in [4.69, 9.17) is 9.84 Å². The summed E-state index contributed by atoms with van der Waals surface area (Å²) in [7, 11) is 0. The molecule has 4 atom stereocenters. The zero-order valence-electron chi connectivity index (χ0n) is 9.67. The van der Waals surface area contributed by atoms with Crippen LogP contribution in [-0.2, 0) is 9.53 Å². The molecule has 0 aliphatic carbocycles. The Morgan fingerprint density at radius 1 is 1.59 bits per heavy atom. The average Bonchev–Trinajstić information content (AvgIpc) is 2.53. The Hall–Kier alpha value is -0.730. The Labute approximate surface area is 99.0 Å². The topological polar surface area (TPSA) is 119 Å². The van der Waals surface area contributed by atoms with Gasteiger partial charge in [0.1, 0.15) is 18.2 Å². The van der Waals surface area contributed by atoms with Gasteiger partial charge in [-0.1, -0.05) is 13.3 Å². The van der Waals surface area contributed by atoms with Crippen molar-refractivity contribution >= 4 is 5.97 Å². The number of aliphatic hydroxyl groups excluding tert-OH is 2. The SMILES string of the molecule is CCCC(NCC1(O)OC[C@@H](O)[C@H]1O)C(=O)O. The second-order valence-electron chi connectivity index (χ2n) is 4.23. The Bertz CT molecular complexity index is 274. The van der Waals surface area contributed by atoms with Crippen molar-refractivity contribution in [3.05, 3.63) is 0 Å². The van der Waals surface area contributed by atoms with Crippen molar-refractivity contribution in [2.24, 2.45) is 0 Å². The number of hydrogen-bond donors (Lipinski definition) is 5. The summed E-state index contributed by atoms with van der Waals surface area (Å²) in [6.45, 7) is 1.42. The molecule has 100 valence electrons. The number of aliphatic carboxylic acids is 1. The molecule has 1 heterocycles. The van der Waals surface area contributed by atoms with Crippen LogP contribution in [0.25, 0.3) is 0 Å². The number of hydrogen-bond acceptors (Lipinski definition) is 6. The van der Waals surface area contributed by atoms with Crippen LogP contribution in [0.2, 0.25) is 0 Å². The lowest BCUT2D eigenvalue weighted by Crippen LogP contribution is -2.53. The number of aliphatic hydroxyl groups is 3. The lowest BCUT2D eigenvalue weighted by atomic mass is 10.1. The molecule has 0 aromatic carbocycles. The average molecular weight is 249 g/mol. The molecule has 0 aromatic heterocycles. The molecular weight excluding hydrogens is 230 g/mol. The van der Waals surface area contributed by atoms with Gasteiger partial charge in [0.25, 0.3) is 0 Å². The van der Waals surface area contributed by atoms with Gasteiger partial charge in [-0.25, -0.2) is 0 Å². The van der Waals surface area contributed by atoms with E-state index in [-0.39, 0.29) is 13.2 Å². The van der Waals surface area contributed by atoms with Gasteiger partial charge < -0.3 is 25.2 Å². The van der Waals surface area contributed by atoms with Crippen molar-refractivity contribution in [3.8, 4) is 0 Å². The maximum Gasteiger partial charge on any atom is 0.320 e. The van der Waals surface area contributed by atoms with E-state index < -0.39 is 30.0 Å². The van der Waals surface area contributed by atoms with E-state index in [0.717, 1.165) is 0 Å². The van der Waals surface area contributed by atoms with Crippen LogP contribution in [0.4, 0.5) is 0 Å². The Balaban J connectivity index is 2.51. The van der Waals surface area contributed by atoms with Crippen LogP contribution in [0.3, 0.4) is 0 Å². The minimum atomic E-state index is -1.93. The fourth-order valence-corrected chi connectivity index (χ4v) is 1.73. The quantitative estimate of drug-likeness (QED) is 0.379. The van der Waals surface area contributed by atoms with Crippen LogP contribution < -0.4 is 5.32 Å². The molecule has 7 heteroatoms. The first-order valence-electron chi connectivity index (χ1n) is 5.59. The van der Waals surface area contributed by atoms with Crippen LogP contribution in [0.5, 0.6) is 0 Å². The number of rotatable bonds is 6. The maximum atomic E-state index is 10.8. The minimum absolute atomic E-state index is 0.176. The lowest BCUT2D eigenvalue weighted by Gasteiger charge is -2.27. The molecule has 0 aromatic rings. The molecule has 2 unspecified atom stereocenters. The molecule has 5 N–H and O–H groups in total. The molecule has 1 saturated heterocycles. The summed E-state index contributed by atoms with van der Waals surface area (Å²) in [6, 6.07) is -0.808. The molecule has 1 aliphatic rings. The highest BCUT2D eigenvalue weighted by Gasteiger charge is 2.47. The van der Waals surface area contributed by atoms with Gasteiger partial charge in [0, 0.05) is 0 Å². The van der Waals surface area contributed by atoms with Crippen molar-refractivity contribution < 1.29 is 30.0 Å². The van der Waals surface area contributed by atoms with Gasteiger partial charge in [0.15, 0.2) is 0 Å². The molecule has 0 spiro atoms. The van der Waals surface area contributed by atoms with Crippen LogP contribution in [0.1, 0.15) is 19.8 Å². The van der Waals surface area contributed by atoms with Gasteiger partial charge in [-0.3, -0.25) is 10.1 Å². The zero-order chi connectivity index (χ0) is 13.1. The summed E-state index contributed by atoms with van der Waals surface area (Å²) in [5.41, 5.74) is 0. The van der Waals surface area contributed by atoms with Crippen molar-refractivity contribution in [3.63, 3.8) is 0 Å². The summed E-state index contributed by atoms with van der Waals surface area (Å²) in [5, 5.41) is 40.1. The number of nitrogens with one attached hydrogen (secondary N) is 1. The van der Waals surface area contributed by atoms with Gasteiger partial charge in [-0.15, -0.1) is 0 Å². The van der Waals surface area contributed by atoms with Crippen molar-refractivity contribution in [1.82, 2.24) is 5.32 Å². The van der Waals surface area contributed by atoms with Crippen LogP contribution in [0, 0.1) is 0 Å². The number of ether oxygens (including phenoxy) is 1. The second-order valence-corrected chi connectivity index (χ2v) is 4.23. The van der Waals surface area contributed by atoms with Crippen LogP contribution >= 0.6 is 0 Å². The predicted octanol–water partition coefficient (Wildman–Crippen LogP) is -1.73. The highest BCUT2D eigenvalue weighted by molar-refractivity contribution is 5.73. The molecule has 7 nitrogen and oxygen atoms in total. The standard InChI is InChI=1S/C10H19NO6/c1-2-3-6(9(14)15)11-5-10(16)8(13)7(12)4-17-10/h6-8,11-13,16H,2-5H2,1H3,(H,14,15)/t6?,7-,8-,10?/m1/s1. The monoisotopic (exact) mass is 249 g/mol. The summed E-state index contributed by atoms with van der Waals surface area (Å²) in [4.78, 5) is 10.8. The zero-order valence-corrected chi connectivity index (χ0v) is 9.67. The van der Waals surface area contributed by atoms with Crippen molar-refractivity contribution in [2.45, 2.75) is 43.8 Å². The number of carboxylic acid groups (broad SMARTS) is 1. The minimum Gasteiger partial charge on any atom is -0.480 e. The highest BCUT2D eigenvalue weighted by Crippen LogP contribution is 2.23. The van der Waals surface area contributed by atoms with E-state index >= 15 is 0 Å². The number of carbonyl (C=O) groups is 1. The summed E-state index contributed by atoms with van der Waals surface area (Å²) < 4.78 is 4.87. The van der Waals surface area contributed by atoms with Crippen molar-refractivity contribution in [2.75, 3.05) is 13.2 Å². The van der Waals surface area contributed by atoms with E-state index in [1.165, 1.54) is 0 Å². The largest absolute Gasteiger partial charge is 0.480 e. The molecule has 1 fully saturated rings. The van der Waals surface area contributed by atoms with Crippen LogP contribution in [0.15, 0.2) is 0 Å². The first kappa shape index (κ1) is 14.3. The Kier molecular flexibility index (Phi) is 4.84. The van der Waals surface area contributed by atoms with Gasteiger partial charge >= 0.3 is 5.97 Å². The fourth-order valence-electron chi connectivity index (χ4n) is 1.73. The molecule has 0 bridgehead atoms. The van der Waals surface area contributed by atoms with Crippen molar-refractivity contribution in [1.29, 1.82) is 0 Å². The lowest BCUT2D eigenvalue weighted by molar-refractivity contribution is -0.212. The van der Waals surface area contributed by atoms with E-state index in [0.29, 0.717) is 12.8 Å². The molecule has 0 amide bonds. The Morgan fingerprint density at radius 2 is 2.24 bits per heavy atom. The third-order valence-electron chi connectivity index (χ3n) is 2.81. The molecular formula is C10H19NO6. The van der Waals surface area contributed by atoms with E-state index in [2.05, 4.69) is 5.32 Å². The predicted molar refractivity (Wildman–Crippen MR) is 57.2 cm³/mol. The van der Waals surface area contributed by atoms with Crippen LogP contribution in [-0.4, -0.2) is 63.6 Å². The normalized spacial score (nSPS) is 34.8. The Morgan fingerprint density at radius 3 is 2.65 bits per heavy atom. The third-order valence-corrected chi connectivity index (χ3v) is 2.81. The summed E-state index contributed by atoms with van der Waals surface area (Å²) in [6.07, 6.45) is -1.51.